The first-order valence-corrected chi connectivity index (χ1v) is 14.2. The molecule has 4 aromatic carbocycles. The van der Waals surface area contributed by atoms with Gasteiger partial charge in [-0.25, -0.2) is 9.80 Å². The lowest BCUT2D eigenvalue weighted by molar-refractivity contribution is -0.137. The molecule has 0 aromatic heterocycles. The Labute approximate surface area is 249 Å². The number of phenolic OH excluding ortho intramolecular Hbond substituents is 1. The monoisotopic (exact) mass is 576 g/mol. The second kappa shape index (κ2) is 12.0. The van der Waals surface area contributed by atoms with Gasteiger partial charge >= 0.3 is 5.97 Å². The lowest BCUT2D eigenvalue weighted by Crippen LogP contribution is -2.34. The molecule has 8 nitrogen and oxygen atoms in total. The zero-order valence-corrected chi connectivity index (χ0v) is 24.0. The maximum absolute atomic E-state index is 13.7. The number of aromatic hydroxyl groups is 1. The minimum atomic E-state index is -0.776. The van der Waals surface area contributed by atoms with Gasteiger partial charge in [-0.3, -0.25) is 4.79 Å². The minimum absolute atomic E-state index is 0.00400. The molecular weight excluding hydrogens is 544 g/mol. The van der Waals surface area contributed by atoms with Crippen molar-refractivity contribution in [3.05, 3.63) is 107 Å². The first-order chi connectivity index (χ1) is 20.9. The summed E-state index contributed by atoms with van der Waals surface area (Å²) in [5.41, 5.74) is 3.89. The predicted molar refractivity (Wildman–Crippen MR) is 164 cm³/mol. The van der Waals surface area contributed by atoms with Crippen molar-refractivity contribution < 1.29 is 28.9 Å². The molecule has 2 aliphatic rings. The molecule has 2 atom stereocenters. The smallest absolute Gasteiger partial charge is 0.342 e. The molecule has 0 radical (unpaired) electrons. The zero-order valence-electron chi connectivity index (χ0n) is 24.0. The Balaban J connectivity index is 1.28. The standard InChI is InChI=1S/C35H32N2O6/c1-41-27-14-10-22(11-15-27)18-26-8-5-9-29-33(26)36-37(34(29)23-12-16-28(42-2)17-13-23)32(39)21-43-35(40)30-19-24-6-3-4-7-25(24)20-31(30)38/h3-4,6-7,10-20,29,34,38H,5,8-9,21H2,1-2H3. The quantitative estimate of drug-likeness (QED) is 0.251. The van der Waals surface area contributed by atoms with Crippen LogP contribution in [0.15, 0.2) is 95.6 Å². The molecule has 0 saturated heterocycles. The van der Waals surface area contributed by atoms with Crippen LogP contribution in [-0.2, 0) is 9.53 Å². The van der Waals surface area contributed by atoms with Gasteiger partial charge in [-0.15, -0.1) is 0 Å². The summed E-state index contributed by atoms with van der Waals surface area (Å²) in [4.78, 5) is 26.7. The molecule has 1 aliphatic heterocycles. The van der Waals surface area contributed by atoms with Crippen molar-refractivity contribution in [1.29, 1.82) is 0 Å². The van der Waals surface area contributed by atoms with Gasteiger partial charge in [-0.05, 0) is 89.2 Å². The van der Waals surface area contributed by atoms with Crippen LogP contribution in [-0.4, -0.2) is 48.5 Å². The molecule has 1 amide bonds. The molecule has 1 saturated carbocycles. The number of esters is 1. The third-order valence-corrected chi connectivity index (χ3v) is 8.08. The summed E-state index contributed by atoms with van der Waals surface area (Å²) in [5.74, 6) is 0.0596. The molecule has 0 bridgehead atoms. The lowest BCUT2D eigenvalue weighted by Gasteiger charge is -2.29. The zero-order chi connectivity index (χ0) is 29.9. The van der Waals surface area contributed by atoms with Gasteiger partial charge in [0.25, 0.3) is 5.91 Å². The number of allylic oxidation sites excluding steroid dienone is 1. The van der Waals surface area contributed by atoms with Gasteiger partial charge < -0.3 is 19.3 Å². The molecule has 218 valence electrons. The first kappa shape index (κ1) is 28.0. The Kier molecular flexibility index (Phi) is 7.83. The van der Waals surface area contributed by atoms with Crippen molar-refractivity contribution in [2.24, 2.45) is 11.0 Å². The number of fused-ring (bicyclic) bond motifs is 2. The fraction of sp³-hybridized carbons (Fsp3) is 0.229. The molecular formula is C35H32N2O6. The van der Waals surface area contributed by atoms with Crippen LogP contribution in [0.4, 0.5) is 0 Å². The number of methoxy groups -OCH3 is 2. The van der Waals surface area contributed by atoms with E-state index in [1.54, 1.807) is 20.3 Å². The highest BCUT2D eigenvalue weighted by Gasteiger charge is 2.44. The minimum Gasteiger partial charge on any atom is -0.507 e. The summed E-state index contributed by atoms with van der Waals surface area (Å²) in [7, 11) is 3.25. The van der Waals surface area contributed by atoms with Crippen molar-refractivity contribution in [3.63, 3.8) is 0 Å². The summed E-state index contributed by atoms with van der Waals surface area (Å²) >= 11 is 0. The summed E-state index contributed by atoms with van der Waals surface area (Å²) in [6.07, 6.45) is 4.78. The average Bonchev–Trinajstić information content (AvgIpc) is 3.44. The Morgan fingerprint density at radius 1 is 0.930 bits per heavy atom. The van der Waals surface area contributed by atoms with Gasteiger partial charge in [-0.1, -0.05) is 48.5 Å². The fourth-order valence-electron chi connectivity index (χ4n) is 5.91. The Morgan fingerprint density at radius 2 is 1.58 bits per heavy atom. The van der Waals surface area contributed by atoms with Gasteiger partial charge in [-0.2, -0.15) is 5.10 Å². The van der Waals surface area contributed by atoms with Crippen LogP contribution < -0.4 is 9.47 Å². The van der Waals surface area contributed by atoms with Crippen LogP contribution in [0, 0.1) is 5.92 Å². The van der Waals surface area contributed by atoms with E-state index in [0.29, 0.717) is 5.75 Å². The Hall–Kier alpha value is -5.11. The van der Waals surface area contributed by atoms with Crippen LogP contribution >= 0.6 is 0 Å². The third kappa shape index (κ3) is 5.68. The van der Waals surface area contributed by atoms with E-state index in [2.05, 4.69) is 6.08 Å². The number of benzene rings is 4. The van der Waals surface area contributed by atoms with E-state index in [9.17, 15) is 14.7 Å². The van der Waals surface area contributed by atoms with Crippen molar-refractivity contribution >= 4 is 34.4 Å². The number of ether oxygens (including phenoxy) is 3. The summed E-state index contributed by atoms with van der Waals surface area (Å²) < 4.78 is 16.1. The highest BCUT2D eigenvalue weighted by molar-refractivity contribution is 6.08. The number of hydrogen-bond acceptors (Lipinski definition) is 7. The van der Waals surface area contributed by atoms with Gasteiger partial charge in [0.2, 0.25) is 0 Å². The van der Waals surface area contributed by atoms with Gasteiger partial charge in [0.1, 0.15) is 22.8 Å². The van der Waals surface area contributed by atoms with Crippen LogP contribution in [0.25, 0.3) is 16.8 Å². The fourth-order valence-corrected chi connectivity index (χ4v) is 5.91. The normalized spacial score (nSPS) is 18.7. The number of hydrogen-bond donors (Lipinski definition) is 1. The van der Waals surface area contributed by atoms with E-state index < -0.39 is 18.5 Å². The Bertz CT molecular complexity index is 1730. The molecule has 4 aromatic rings. The molecule has 6 rings (SSSR count). The molecule has 1 N–H and O–H groups in total. The molecule has 43 heavy (non-hydrogen) atoms. The average molecular weight is 577 g/mol. The van der Waals surface area contributed by atoms with Gasteiger partial charge in [0.05, 0.1) is 26.0 Å². The molecule has 1 fully saturated rings. The van der Waals surface area contributed by atoms with Crippen LogP contribution in [0.5, 0.6) is 17.2 Å². The van der Waals surface area contributed by atoms with Crippen LogP contribution in [0.2, 0.25) is 0 Å². The second-order valence-electron chi connectivity index (χ2n) is 10.7. The topological polar surface area (TPSA) is 97.7 Å². The van der Waals surface area contributed by atoms with E-state index >= 15 is 0 Å². The summed E-state index contributed by atoms with van der Waals surface area (Å²) in [6, 6.07) is 25.6. The van der Waals surface area contributed by atoms with E-state index in [1.165, 1.54) is 11.1 Å². The van der Waals surface area contributed by atoms with Crippen molar-refractivity contribution in [2.75, 3.05) is 20.8 Å². The number of rotatable bonds is 7. The molecule has 8 heteroatoms. The summed E-state index contributed by atoms with van der Waals surface area (Å²) in [6.45, 7) is -0.515. The molecule has 2 unspecified atom stereocenters. The van der Waals surface area contributed by atoms with E-state index in [-0.39, 0.29) is 23.3 Å². The maximum Gasteiger partial charge on any atom is 0.342 e. The Morgan fingerprint density at radius 3 is 2.26 bits per heavy atom. The van der Waals surface area contributed by atoms with Crippen LogP contribution in [0.1, 0.15) is 46.8 Å². The third-order valence-electron chi connectivity index (χ3n) is 8.08. The van der Waals surface area contributed by atoms with E-state index in [1.807, 2.05) is 72.8 Å². The molecule has 0 spiro atoms. The second-order valence-corrected chi connectivity index (χ2v) is 10.7. The summed E-state index contributed by atoms with van der Waals surface area (Å²) in [5, 5.41) is 18.4. The number of nitrogens with zero attached hydrogens (tertiary/aromatic N) is 2. The maximum atomic E-state index is 13.7. The number of amides is 1. The highest BCUT2D eigenvalue weighted by Crippen LogP contribution is 2.44. The number of phenols is 1. The van der Waals surface area contributed by atoms with Crippen molar-refractivity contribution in [3.8, 4) is 17.2 Å². The first-order valence-electron chi connectivity index (χ1n) is 14.2. The van der Waals surface area contributed by atoms with Gasteiger partial charge in [0, 0.05) is 5.92 Å². The number of carbonyl (C=O) groups is 2. The van der Waals surface area contributed by atoms with E-state index in [0.717, 1.165) is 58.2 Å². The number of hydrazone groups is 1. The van der Waals surface area contributed by atoms with Crippen molar-refractivity contribution in [1.82, 2.24) is 5.01 Å². The SMILES string of the molecule is COc1ccc(C=C2CCCC3C2=NN(C(=O)COC(=O)c2cc4ccccc4cc2O)C3c2ccc(OC)cc2)cc1. The van der Waals surface area contributed by atoms with Crippen LogP contribution in [0.3, 0.4) is 0 Å². The molecule has 1 aliphatic carbocycles. The predicted octanol–water partition coefficient (Wildman–Crippen LogP) is 6.54. The largest absolute Gasteiger partial charge is 0.507 e. The lowest BCUT2D eigenvalue weighted by atomic mass is 9.77. The molecule has 1 heterocycles. The van der Waals surface area contributed by atoms with E-state index in [4.69, 9.17) is 19.3 Å². The highest BCUT2D eigenvalue weighted by atomic mass is 16.5. The van der Waals surface area contributed by atoms with Crippen molar-refractivity contribution in [2.45, 2.75) is 25.3 Å². The number of carbonyl (C=O) groups excluding carboxylic acids is 2. The van der Waals surface area contributed by atoms with Gasteiger partial charge in [0.15, 0.2) is 6.61 Å².